The van der Waals surface area contributed by atoms with Crippen molar-refractivity contribution in [3.63, 3.8) is 0 Å². The van der Waals surface area contributed by atoms with Crippen LogP contribution in [-0.2, 0) is 0 Å². The van der Waals surface area contributed by atoms with Gasteiger partial charge in [-0.1, -0.05) is 51.1 Å². The summed E-state index contributed by atoms with van der Waals surface area (Å²) in [5.41, 5.74) is 6.97. The normalized spacial score (nSPS) is 18.9. The maximum Gasteiger partial charge on any atom is 0.274 e. The summed E-state index contributed by atoms with van der Waals surface area (Å²) in [7, 11) is 1.50. The molecule has 0 fully saturated rings. The van der Waals surface area contributed by atoms with Crippen LogP contribution in [0, 0.1) is 11.7 Å². The molecule has 0 saturated heterocycles. The lowest BCUT2D eigenvalue weighted by atomic mass is 9.91. The van der Waals surface area contributed by atoms with Crippen LogP contribution in [0.3, 0.4) is 0 Å². The predicted molar refractivity (Wildman–Crippen MR) is 131 cm³/mol. The molecular formula is C22H31ClF2N4O2S. The summed E-state index contributed by atoms with van der Waals surface area (Å²) in [4.78, 5) is 20.7. The number of benzene rings is 1. The lowest BCUT2D eigenvalue weighted by molar-refractivity contribution is 0.102. The fourth-order valence-corrected chi connectivity index (χ4v) is 3.78. The van der Waals surface area contributed by atoms with E-state index in [4.69, 9.17) is 22.4 Å². The van der Waals surface area contributed by atoms with Crippen molar-refractivity contribution in [2.24, 2.45) is 16.6 Å². The molecule has 32 heavy (non-hydrogen) atoms. The number of thioether (sulfide) groups is 1. The molecule has 178 valence electrons. The molecule has 1 aromatic carbocycles. The maximum absolute atomic E-state index is 14.4. The zero-order valence-corrected chi connectivity index (χ0v) is 20.6. The largest absolute Gasteiger partial charge is 0.400 e. The van der Waals surface area contributed by atoms with Crippen molar-refractivity contribution in [1.29, 1.82) is 0 Å². The minimum absolute atomic E-state index is 0.102. The van der Waals surface area contributed by atoms with E-state index < -0.39 is 11.9 Å². The molecule has 2 heterocycles. The van der Waals surface area contributed by atoms with Crippen LogP contribution in [0.25, 0.3) is 0 Å². The Kier molecular flexibility index (Phi) is 14.5. The van der Waals surface area contributed by atoms with Gasteiger partial charge in [-0.2, -0.15) is 0 Å². The number of carbonyl (C=O) groups is 1. The van der Waals surface area contributed by atoms with Gasteiger partial charge in [0.2, 0.25) is 0 Å². The summed E-state index contributed by atoms with van der Waals surface area (Å²) >= 11 is 7.26. The van der Waals surface area contributed by atoms with Gasteiger partial charge in [0.25, 0.3) is 5.91 Å². The minimum atomic E-state index is -0.400. The third-order valence-corrected chi connectivity index (χ3v) is 5.72. The average molecular weight is 489 g/mol. The van der Waals surface area contributed by atoms with E-state index in [1.807, 2.05) is 27.7 Å². The van der Waals surface area contributed by atoms with E-state index in [-0.39, 0.29) is 22.7 Å². The number of amidine groups is 1. The molecule has 10 heteroatoms. The monoisotopic (exact) mass is 488 g/mol. The summed E-state index contributed by atoms with van der Waals surface area (Å²) in [6.07, 6.45) is 1.40. The second-order valence-corrected chi connectivity index (χ2v) is 7.98. The Morgan fingerprint density at radius 1 is 1.19 bits per heavy atom. The molecule has 1 aromatic heterocycles. The molecule has 3 rings (SSSR count). The van der Waals surface area contributed by atoms with Crippen molar-refractivity contribution in [2.45, 2.75) is 39.0 Å². The van der Waals surface area contributed by atoms with Crippen LogP contribution in [0.5, 0.6) is 0 Å². The number of hydrogen-bond acceptors (Lipinski definition) is 6. The molecule has 0 radical (unpaired) electrons. The number of nitrogens with zero attached hydrogens (tertiary/aromatic N) is 2. The first-order chi connectivity index (χ1) is 15.3. The topological polar surface area (TPSA) is 101 Å². The lowest BCUT2D eigenvalue weighted by Gasteiger charge is -2.31. The molecule has 0 spiro atoms. The van der Waals surface area contributed by atoms with Crippen molar-refractivity contribution >= 4 is 40.1 Å². The molecule has 0 aliphatic carbocycles. The van der Waals surface area contributed by atoms with Crippen molar-refractivity contribution < 1.29 is 18.7 Å². The predicted octanol–water partition coefficient (Wildman–Crippen LogP) is 5.47. The van der Waals surface area contributed by atoms with Crippen LogP contribution in [0.15, 0.2) is 41.5 Å². The van der Waals surface area contributed by atoms with Gasteiger partial charge in [0, 0.05) is 29.8 Å². The number of rotatable bonds is 3. The second-order valence-electron chi connectivity index (χ2n) is 6.15. The first-order valence-corrected chi connectivity index (χ1v) is 11.2. The molecule has 1 amide bonds. The Bertz CT molecular complexity index is 870. The standard InChI is InChI=1S/C18H18ClFN4OS.C2H6.CH3F.CH4O/c1-9-10(2)26-18(21)24-16(9)13-7-12(4-5-14(13)20)23-17(25)15-6-3-11(19)8-22-15;3*1-2/h3-10,16H,1-2H3,(H2,21,24)(H,23,25);1-2H3;1H3;2H,1H3/t9?,10-,16?;;;/m0.../s1. The van der Waals surface area contributed by atoms with Crippen LogP contribution in [0.1, 0.15) is 49.8 Å². The summed E-state index contributed by atoms with van der Waals surface area (Å²) in [5.74, 6) is -0.673. The number of amides is 1. The molecule has 1 aliphatic heterocycles. The summed E-state index contributed by atoms with van der Waals surface area (Å²) < 4.78 is 23.9. The first kappa shape index (κ1) is 29.8. The molecule has 6 nitrogen and oxygen atoms in total. The Morgan fingerprint density at radius 3 is 2.38 bits per heavy atom. The number of alkyl halides is 1. The fraction of sp³-hybridized carbons (Fsp3) is 0.409. The minimum Gasteiger partial charge on any atom is -0.400 e. The van der Waals surface area contributed by atoms with Gasteiger partial charge in [-0.15, -0.1) is 0 Å². The van der Waals surface area contributed by atoms with Gasteiger partial charge < -0.3 is 16.2 Å². The van der Waals surface area contributed by atoms with Gasteiger partial charge in [0.15, 0.2) is 5.17 Å². The van der Waals surface area contributed by atoms with Gasteiger partial charge in [-0.25, -0.2) is 9.37 Å². The molecule has 4 N–H and O–H groups in total. The van der Waals surface area contributed by atoms with Crippen LogP contribution in [0.4, 0.5) is 14.5 Å². The van der Waals surface area contributed by atoms with Gasteiger partial charge >= 0.3 is 0 Å². The Balaban J connectivity index is 0.00000148. The molecule has 2 aromatic rings. The first-order valence-electron chi connectivity index (χ1n) is 9.90. The zero-order valence-electron chi connectivity index (χ0n) is 19.1. The van der Waals surface area contributed by atoms with Crippen LogP contribution in [-0.4, -0.2) is 40.7 Å². The van der Waals surface area contributed by atoms with Crippen LogP contribution < -0.4 is 11.1 Å². The van der Waals surface area contributed by atoms with Crippen molar-refractivity contribution in [3.05, 3.63) is 58.6 Å². The maximum atomic E-state index is 14.4. The summed E-state index contributed by atoms with van der Waals surface area (Å²) in [5, 5.41) is 10.8. The van der Waals surface area contributed by atoms with Gasteiger partial charge in [0.1, 0.15) is 11.5 Å². The van der Waals surface area contributed by atoms with Crippen molar-refractivity contribution in [3.8, 4) is 0 Å². The highest BCUT2D eigenvalue weighted by Crippen LogP contribution is 2.39. The molecular weight excluding hydrogens is 458 g/mol. The highest BCUT2D eigenvalue weighted by molar-refractivity contribution is 8.14. The number of aromatic nitrogens is 1. The highest BCUT2D eigenvalue weighted by atomic mass is 35.5. The Morgan fingerprint density at radius 2 is 1.81 bits per heavy atom. The van der Waals surface area contributed by atoms with E-state index >= 15 is 0 Å². The lowest BCUT2D eigenvalue weighted by Crippen LogP contribution is -2.29. The number of pyridine rings is 1. The Labute approximate surface area is 197 Å². The third-order valence-electron chi connectivity index (χ3n) is 4.34. The van der Waals surface area contributed by atoms with Crippen molar-refractivity contribution in [2.75, 3.05) is 19.6 Å². The third kappa shape index (κ3) is 8.37. The van der Waals surface area contributed by atoms with E-state index in [0.717, 1.165) is 7.11 Å². The molecule has 0 bridgehead atoms. The van der Waals surface area contributed by atoms with E-state index in [1.54, 1.807) is 12.1 Å². The highest BCUT2D eigenvalue weighted by Gasteiger charge is 2.31. The van der Waals surface area contributed by atoms with E-state index in [0.29, 0.717) is 28.6 Å². The Hall–Kier alpha value is -2.23. The number of aliphatic hydroxyl groups is 1. The molecule has 0 saturated carbocycles. The van der Waals surface area contributed by atoms with Gasteiger partial charge in [-0.05, 0) is 36.2 Å². The fourth-order valence-electron chi connectivity index (χ4n) is 2.75. The molecule has 1 aliphatic rings. The van der Waals surface area contributed by atoms with Crippen molar-refractivity contribution in [1.82, 2.24) is 4.98 Å². The number of anilines is 1. The van der Waals surface area contributed by atoms with Crippen LogP contribution >= 0.6 is 23.4 Å². The van der Waals surface area contributed by atoms with Crippen LogP contribution in [0.2, 0.25) is 5.02 Å². The number of halogens is 3. The van der Waals surface area contributed by atoms with E-state index in [1.165, 1.54) is 36.2 Å². The quantitative estimate of drug-likeness (QED) is 0.531. The van der Waals surface area contributed by atoms with E-state index in [2.05, 4.69) is 15.3 Å². The zero-order chi connectivity index (χ0) is 24.8. The smallest absolute Gasteiger partial charge is 0.274 e. The molecule has 2 unspecified atom stereocenters. The van der Waals surface area contributed by atoms with E-state index in [9.17, 15) is 13.6 Å². The number of nitrogens with one attached hydrogen (secondary N) is 1. The number of hydrogen-bond donors (Lipinski definition) is 3. The number of nitrogens with two attached hydrogens (primary N) is 1. The number of aliphatic imine (C=N–C) groups is 1. The second kappa shape index (κ2) is 15.6. The summed E-state index contributed by atoms with van der Waals surface area (Å²) in [6.45, 7) is 8.06. The number of carbonyl (C=O) groups excluding carboxylic acids is 1. The summed E-state index contributed by atoms with van der Waals surface area (Å²) in [6, 6.07) is 7.15. The SMILES string of the molecule is CC.CC1C(c2cc(NC(=O)c3ccc(Cl)cn3)ccc2F)N=C(N)S[C@H]1C.CF.CO. The average Bonchev–Trinajstić information content (AvgIpc) is 2.82. The number of aliphatic hydroxyl groups excluding tert-OH is 1. The van der Waals surface area contributed by atoms with Gasteiger partial charge in [0.05, 0.1) is 18.2 Å². The van der Waals surface area contributed by atoms with Gasteiger partial charge in [-0.3, -0.25) is 14.2 Å². The molecule has 3 atom stereocenters.